The predicted octanol–water partition coefficient (Wildman–Crippen LogP) is 8.51. The van der Waals surface area contributed by atoms with Crippen LogP contribution in [-0.4, -0.2) is 9.97 Å². The Labute approximate surface area is 198 Å². The molecule has 2 heterocycles. The minimum absolute atomic E-state index is 0.200. The fourth-order valence-electron chi connectivity index (χ4n) is 6.05. The first kappa shape index (κ1) is 19.4. The van der Waals surface area contributed by atoms with Gasteiger partial charge in [-0.25, -0.2) is 0 Å². The van der Waals surface area contributed by atoms with Crippen molar-refractivity contribution >= 4 is 43.6 Å². The van der Waals surface area contributed by atoms with E-state index < -0.39 is 0 Å². The number of H-pyrrole nitrogens is 2. The summed E-state index contributed by atoms with van der Waals surface area (Å²) in [5, 5.41) is 5.14. The number of fused-ring (bicyclic) bond motifs is 6. The molecule has 0 aliphatic heterocycles. The Balaban J connectivity index is 1.51. The summed E-state index contributed by atoms with van der Waals surface area (Å²) in [6.45, 7) is 4.59. The summed E-state index contributed by atoms with van der Waals surface area (Å²) in [7, 11) is 0. The van der Waals surface area contributed by atoms with Gasteiger partial charge in [-0.2, -0.15) is 0 Å². The van der Waals surface area contributed by atoms with Crippen molar-refractivity contribution < 1.29 is 0 Å². The second kappa shape index (κ2) is 6.98. The summed E-state index contributed by atoms with van der Waals surface area (Å²) >= 11 is 0. The highest BCUT2D eigenvalue weighted by molar-refractivity contribution is 6.09. The van der Waals surface area contributed by atoms with Crippen LogP contribution in [0.4, 0.5) is 0 Å². The van der Waals surface area contributed by atoms with Crippen molar-refractivity contribution in [2.45, 2.75) is 25.2 Å². The highest BCUT2D eigenvalue weighted by Gasteiger charge is 2.38. The molecule has 0 amide bonds. The normalized spacial score (nSPS) is 20.5. The molecular weight excluding hydrogens is 412 g/mol. The largest absolute Gasteiger partial charge is 0.354 e. The summed E-state index contributed by atoms with van der Waals surface area (Å²) in [5.41, 5.74) is 8.63. The van der Waals surface area contributed by atoms with Gasteiger partial charge in [-0.3, -0.25) is 0 Å². The third kappa shape index (κ3) is 2.63. The third-order valence-electron chi connectivity index (χ3n) is 7.80. The van der Waals surface area contributed by atoms with Crippen LogP contribution in [0.2, 0.25) is 0 Å². The van der Waals surface area contributed by atoms with Crippen molar-refractivity contribution in [2.75, 3.05) is 0 Å². The number of rotatable bonds is 2. The number of allylic oxidation sites excluding steroid dienone is 4. The molecule has 0 radical (unpaired) electrons. The van der Waals surface area contributed by atoms with Crippen molar-refractivity contribution in [3.05, 3.63) is 120 Å². The Morgan fingerprint density at radius 3 is 1.97 bits per heavy atom. The van der Waals surface area contributed by atoms with Gasteiger partial charge in [-0.15, -0.1) is 0 Å². The predicted molar refractivity (Wildman–Crippen MR) is 145 cm³/mol. The zero-order chi connectivity index (χ0) is 22.9. The fraction of sp³-hybridized carbons (Fsp3) is 0.125. The van der Waals surface area contributed by atoms with E-state index in [1.54, 1.807) is 0 Å². The molecule has 0 bridgehead atoms. The van der Waals surface area contributed by atoms with Gasteiger partial charge in [0.25, 0.3) is 0 Å². The van der Waals surface area contributed by atoms with Crippen molar-refractivity contribution in [1.82, 2.24) is 9.97 Å². The molecule has 2 heteroatoms. The van der Waals surface area contributed by atoms with Gasteiger partial charge in [0.05, 0.1) is 11.0 Å². The Hall–Kier alpha value is -4.04. The summed E-state index contributed by atoms with van der Waals surface area (Å²) in [6.07, 6.45) is 7.14. The average molecular weight is 439 g/mol. The first-order valence-corrected chi connectivity index (χ1v) is 12.0. The quantitative estimate of drug-likeness (QED) is 0.271. The maximum Gasteiger partial charge on any atom is 0.0506 e. The molecular formula is C32H26N2. The van der Waals surface area contributed by atoms with E-state index in [0.29, 0.717) is 0 Å². The summed E-state index contributed by atoms with van der Waals surface area (Å²) in [5.74, 6) is 0.200. The van der Waals surface area contributed by atoms with E-state index >= 15 is 0 Å². The maximum atomic E-state index is 3.75. The number of aromatic amines is 2. The van der Waals surface area contributed by atoms with Crippen LogP contribution in [0.15, 0.2) is 109 Å². The fourth-order valence-corrected chi connectivity index (χ4v) is 6.05. The zero-order valence-corrected chi connectivity index (χ0v) is 19.4. The lowest BCUT2D eigenvalue weighted by Gasteiger charge is -2.38. The molecule has 2 N–H and O–H groups in total. The molecule has 1 aliphatic carbocycles. The highest BCUT2D eigenvalue weighted by atomic mass is 14.7. The standard InChI is InChI=1S/C32H26N2/c1-20-17-18-32(2,26-14-8-12-24-22-10-4-6-16-29(22)34-31(24)26)27(19-20)25-13-7-11-23-21-9-3-5-15-28(21)33-30(23)25/h3-19,27,33-34H,1-2H3. The van der Waals surface area contributed by atoms with Gasteiger partial charge >= 0.3 is 0 Å². The van der Waals surface area contributed by atoms with Gasteiger partial charge in [-0.1, -0.05) is 104 Å². The van der Waals surface area contributed by atoms with Gasteiger partial charge in [0, 0.05) is 43.9 Å². The monoisotopic (exact) mass is 438 g/mol. The van der Waals surface area contributed by atoms with Gasteiger partial charge < -0.3 is 9.97 Å². The van der Waals surface area contributed by atoms with Gasteiger partial charge in [0.15, 0.2) is 0 Å². The molecule has 0 spiro atoms. The second-order valence-corrected chi connectivity index (χ2v) is 9.84. The van der Waals surface area contributed by atoms with E-state index in [0.717, 1.165) is 0 Å². The number of hydrogen-bond donors (Lipinski definition) is 2. The van der Waals surface area contributed by atoms with Crippen LogP contribution in [-0.2, 0) is 5.41 Å². The van der Waals surface area contributed by atoms with E-state index in [9.17, 15) is 0 Å². The van der Waals surface area contributed by atoms with Crippen molar-refractivity contribution in [2.24, 2.45) is 0 Å². The Kier molecular flexibility index (Phi) is 3.99. The van der Waals surface area contributed by atoms with E-state index in [4.69, 9.17) is 0 Å². The molecule has 164 valence electrons. The molecule has 6 aromatic rings. The molecule has 0 fully saturated rings. The Morgan fingerprint density at radius 2 is 1.24 bits per heavy atom. The molecule has 0 saturated carbocycles. The molecule has 2 nitrogen and oxygen atoms in total. The van der Waals surface area contributed by atoms with Crippen LogP contribution in [0.3, 0.4) is 0 Å². The first-order chi connectivity index (χ1) is 16.6. The minimum Gasteiger partial charge on any atom is -0.354 e. The maximum absolute atomic E-state index is 3.75. The molecule has 4 aromatic carbocycles. The minimum atomic E-state index is -0.203. The number of nitrogens with one attached hydrogen (secondary N) is 2. The summed E-state index contributed by atoms with van der Waals surface area (Å²) in [4.78, 5) is 7.49. The third-order valence-corrected chi connectivity index (χ3v) is 7.80. The SMILES string of the molecule is CC1=CC(c2cccc3c2[nH]c2ccccc23)C(C)(c2cccc3c2[nH]c2ccccc23)C=C1. The van der Waals surface area contributed by atoms with Crippen LogP contribution in [0.5, 0.6) is 0 Å². The lowest BCUT2D eigenvalue weighted by atomic mass is 9.65. The molecule has 2 unspecified atom stereocenters. The van der Waals surface area contributed by atoms with Gasteiger partial charge in [0.1, 0.15) is 0 Å². The van der Waals surface area contributed by atoms with Crippen molar-refractivity contribution in [3.8, 4) is 0 Å². The van der Waals surface area contributed by atoms with Gasteiger partial charge in [0.2, 0.25) is 0 Å². The van der Waals surface area contributed by atoms with Crippen LogP contribution in [0.1, 0.15) is 30.9 Å². The molecule has 1 aliphatic rings. The summed E-state index contributed by atoms with van der Waals surface area (Å²) in [6, 6.07) is 30.7. The number of hydrogen-bond acceptors (Lipinski definition) is 0. The molecule has 34 heavy (non-hydrogen) atoms. The molecule has 0 saturated heterocycles. The van der Waals surface area contributed by atoms with E-state index in [-0.39, 0.29) is 11.3 Å². The lowest BCUT2D eigenvalue weighted by molar-refractivity contribution is 0.527. The number of benzene rings is 4. The Bertz CT molecular complexity index is 1790. The molecule has 2 aromatic heterocycles. The van der Waals surface area contributed by atoms with Crippen LogP contribution in [0, 0.1) is 0 Å². The molecule has 2 atom stereocenters. The number of para-hydroxylation sites is 4. The summed E-state index contributed by atoms with van der Waals surface area (Å²) < 4.78 is 0. The highest BCUT2D eigenvalue weighted by Crippen LogP contribution is 2.48. The Morgan fingerprint density at radius 1 is 0.647 bits per heavy atom. The molecule has 7 rings (SSSR count). The second-order valence-electron chi connectivity index (χ2n) is 9.84. The van der Waals surface area contributed by atoms with Crippen molar-refractivity contribution in [1.29, 1.82) is 0 Å². The van der Waals surface area contributed by atoms with Gasteiger partial charge in [-0.05, 0) is 30.2 Å². The average Bonchev–Trinajstić information content (AvgIpc) is 3.44. The van der Waals surface area contributed by atoms with Crippen LogP contribution in [0.25, 0.3) is 43.6 Å². The number of aromatic nitrogens is 2. The smallest absolute Gasteiger partial charge is 0.0506 e. The van der Waals surface area contributed by atoms with Crippen LogP contribution >= 0.6 is 0 Å². The van der Waals surface area contributed by atoms with Crippen LogP contribution < -0.4 is 0 Å². The lowest BCUT2D eigenvalue weighted by Crippen LogP contribution is -2.30. The first-order valence-electron chi connectivity index (χ1n) is 12.0. The van der Waals surface area contributed by atoms with E-state index in [1.165, 1.54) is 60.3 Å². The van der Waals surface area contributed by atoms with Crippen molar-refractivity contribution in [3.63, 3.8) is 0 Å². The van der Waals surface area contributed by atoms with E-state index in [2.05, 4.69) is 127 Å². The zero-order valence-electron chi connectivity index (χ0n) is 19.4. The van der Waals surface area contributed by atoms with E-state index in [1.807, 2.05) is 0 Å². The topological polar surface area (TPSA) is 31.6 Å².